The highest BCUT2D eigenvalue weighted by Gasteiger charge is 2.21. The summed E-state index contributed by atoms with van der Waals surface area (Å²) in [5.41, 5.74) is 2.90. The first-order chi connectivity index (χ1) is 16.6. The van der Waals surface area contributed by atoms with Crippen LogP contribution in [0.5, 0.6) is 5.75 Å². The molecule has 1 atom stereocenters. The number of aromatic nitrogens is 2. The molecule has 0 saturated carbocycles. The Morgan fingerprint density at radius 3 is 2.59 bits per heavy atom. The molecule has 8 heteroatoms. The molecule has 1 N–H and O–H groups in total. The molecule has 0 bridgehead atoms. The first-order valence-corrected chi connectivity index (χ1v) is 13.0. The highest BCUT2D eigenvalue weighted by molar-refractivity contribution is 7.99. The molecule has 180 valence electrons. The lowest BCUT2D eigenvalue weighted by atomic mass is 10.0. The van der Waals surface area contributed by atoms with Gasteiger partial charge in [0.25, 0.3) is 5.91 Å². The first kappa shape index (κ1) is 24.1. The molecule has 0 radical (unpaired) electrons. The predicted molar refractivity (Wildman–Crippen MR) is 135 cm³/mol. The fourth-order valence-electron chi connectivity index (χ4n) is 4.33. The highest BCUT2D eigenvalue weighted by Crippen LogP contribution is 2.28. The summed E-state index contributed by atoms with van der Waals surface area (Å²) in [5.74, 6) is 0.868. The van der Waals surface area contributed by atoms with E-state index in [9.17, 15) is 9.59 Å². The van der Waals surface area contributed by atoms with E-state index in [1.165, 1.54) is 11.8 Å². The number of likely N-dealkylation sites (tertiary alicyclic amines) is 1. The molecule has 2 aromatic carbocycles. The van der Waals surface area contributed by atoms with Crippen LogP contribution < -0.4 is 10.1 Å². The van der Waals surface area contributed by atoms with Crippen LogP contribution in [-0.4, -0.2) is 51.7 Å². The van der Waals surface area contributed by atoms with Gasteiger partial charge in [-0.3, -0.25) is 9.59 Å². The summed E-state index contributed by atoms with van der Waals surface area (Å²) < 4.78 is 8.04. The summed E-state index contributed by atoms with van der Waals surface area (Å²) in [5, 5.41) is 3.98. The lowest BCUT2D eigenvalue weighted by molar-refractivity contribution is -0.132. The Hall–Kier alpha value is -3.00. The second kappa shape index (κ2) is 11.4. The van der Waals surface area contributed by atoms with E-state index in [1.54, 1.807) is 0 Å². The number of fused-ring (bicyclic) bond motifs is 1. The van der Waals surface area contributed by atoms with E-state index < -0.39 is 0 Å². The molecule has 0 aliphatic carbocycles. The number of amides is 2. The summed E-state index contributed by atoms with van der Waals surface area (Å²) in [7, 11) is 0. The molecule has 1 fully saturated rings. The van der Waals surface area contributed by atoms with Gasteiger partial charge in [0.05, 0.1) is 22.8 Å². The maximum atomic E-state index is 12.9. The van der Waals surface area contributed by atoms with Gasteiger partial charge in [0.15, 0.2) is 11.8 Å². The minimum absolute atomic E-state index is 0.0135. The largest absolute Gasteiger partial charge is 0.483 e. The number of ether oxygens (including phenoxy) is 1. The van der Waals surface area contributed by atoms with Gasteiger partial charge in [-0.25, -0.2) is 4.98 Å². The third kappa shape index (κ3) is 5.55. The lowest BCUT2D eigenvalue weighted by Crippen LogP contribution is -2.33. The molecule has 1 aromatic heterocycles. The zero-order valence-corrected chi connectivity index (χ0v) is 20.6. The number of carbonyl (C=O) groups excluding carboxylic acids is 2. The molecule has 0 spiro atoms. The van der Waals surface area contributed by atoms with Crippen LogP contribution >= 0.6 is 11.8 Å². The van der Waals surface area contributed by atoms with Crippen LogP contribution in [0.4, 0.5) is 0 Å². The molecule has 2 heterocycles. The summed E-state index contributed by atoms with van der Waals surface area (Å²) in [6.45, 7) is 6.53. The van der Waals surface area contributed by atoms with Crippen LogP contribution in [0.1, 0.15) is 44.7 Å². The summed E-state index contributed by atoms with van der Waals surface area (Å²) >= 11 is 1.44. The fourth-order valence-corrected chi connectivity index (χ4v) is 5.22. The third-order valence-electron chi connectivity index (χ3n) is 6.12. The van der Waals surface area contributed by atoms with E-state index in [0.29, 0.717) is 12.2 Å². The number of hydrogen-bond donors (Lipinski definition) is 1. The summed E-state index contributed by atoms with van der Waals surface area (Å²) in [6.07, 6.45) is 2.82. The van der Waals surface area contributed by atoms with Crippen molar-refractivity contribution in [2.75, 3.05) is 25.4 Å². The molecule has 4 rings (SSSR count). The average molecular weight is 481 g/mol. The average Bonchev–Trinajstić information content (AvgIpc) is 3.53. The second-order valence-corrected chi connectivity index (χ2v) is 9.30. The van der Waals surface area contributed by atoms with Crippen molar-refractivity contribution >= 4 is 34.6 Å². The number of thioether (sulfide) groups is 1. The van der Waals surface area contributed by atoms with Gasteiger partial charge in [-0.05, 0) is 44.4 Å². The molecule has 1 saturated heterocycles. The van der Waals surface area contributed by atoms with Crippen LogP contribution in [-0.2, 0) is 16.1 Å². The molecule has 3 aromatic rings. The fraction of sp³-hybridized carbons (Fsp3) is 0.423. The van der Waals surface area contributed by atoms with Gasteiger partial charge in [0.1, 0.15) is 5.75 Å². The number of rotatable bonds is 10. The van der Waals surface area contributed by atoms with Crippen LogP contribution in [0.15, 0.2) is 53.7 Å². The maximum absolute atomic E-state index is 12.9. The van der Waals surface area contributed by atoms with Gasteiger partial charge in [-0.2, -0.15) is 0 Å². The van der Waals surface area contributed by atoms with Crippen LogP contribution in [0.25, 0.3) is 11.0 Å². The number of carbonyl (C=O) groups is 2. The Labute approximate surface area is 204 Å². The molecule has 1 aliphatic rings. The van der Waals surface area contributed by atoms with Gasteiger partial charge in [0, 0.05) is 25.2 Å². The van der Waals surface area contributed by atoms with Crippen molar-refractivity contribution in [3.63, 3.8) is 0 Å². The molecule has 34 heavy (non-hydrogen) atoms. The quantitative estimate of drug-likeness (QED) is 0.435. The predicted octanol–water partition coefficient (Wildman–Crippen LogP) is 4.42. The molecule has 2 amide bonds. The van der Waals surface area contributed by atoms with E-state index in [1.807, 2.05) is 54.3 Å². The van der Waals surface area contributed by atoms with Crippen molar-refractivity contribution in [3.05, 3.63) is 54.1 Å². The first-order valence-electron chi connectivity index (χ1n) is 12.0. The molecule has 7 nitrogen and oxygen atoms in total. The van der Waals surface area contributed by atoms with E-state index in [-0.39, 0.29) is 30.2 Å². The number of nitrogens with zero attached hydrogens (tertiary/aromatic N) is 3. The number of aryl methyl sites for hydroxylation is 1. The van der Waals surface area contributed by atoms with Gasteiger partial charge in [-0.15, -0.1) is 0 Å². The third-order valence-corrected chi connectivity index (χ3v) is 7.09. The van der Waals surface area contributed by atoms with Crippen molar-refractivity contribution in [3.8, 4) is 5.75 Å². The Morgan fingerprint density at radius 2 is 1.82 bits per heavy atom. The Bertz CT molecular complexity index is 1140. The number of benzene rings is 2. The maximum Gasteiger partial charge on any atom is 0.260 e. The van der Waals surface area contributed by atoms with E-state index in [0.717, 1.165) is 54.2 Å². The van der Waals surface area contributed by atoms with Crippen molar-refractivity contribution in [2.45, 2.75) is 50.9 Å². The number of nitrogens with one attached hydrogen (secondary N) is 1. The zero-order valence-electron chi connectivity index (χ0n) is 19.8. The summed E-state index contributed by atoms with van der Waals surface area (Å²) in [6, 6.07) is 15.4. The number of para-hydroxylation sites is 3. The van der Waals surface area contributed by atoms with E-state index in [2.05, 4.69) is 22.9 Å². The van der Waals surface area contributed by atoms with Crippen LogP contribution in [0.2, 0.25) is 0 Å². The minimum atomic E-state index is -0.198. The molecule has 1 aliphatic heterocycles. The Kier molecular flexibility index (Phi) is 8.11. The minimum Gasteiger partial charge on any atom is -0.483 e. The second-order valence-electron chi connectivity index (χ2n) is 8.36. The van der Waals surface area contributed by atoms with Gasteiger partial charge in [0.2, 0.25) is 5.91 Å². The van der Waals surface area contributed by atoms with Gasteiger partial charge >= 0.3 is 0 Å². The van der Waals surface area contributed by atoms with Crippen molar-refractivity contribution in [1.82, 2.24) is 19.8 Å². The van der Waals surface area contributed by atoms with Crippen LogP contribution in [0, 0.1) is 0 Å². The lowest BCUT2D eigenvalue weighted by Gasteiger charge is -2.21. The Morgan fingerprint density at radius 1 is 1.09 bits per heavy atom. The molecular weight excluding hydrogens is 448 g/mol. The van der Waals surface area contributed by atoms with Crippen molar-refractivity contribution in [2.24, 2.45) is 0 Å². The molecular formula is C26H32N4O3S. The number of imidazole rings is 1. The molecule has 0 unspecified atom stereocenters. The smallest absolute Gasteiger partial charge is 0.260 e. The zero-order chi connectivity index (χ0) is 23.9. The highest BCUT2D eigenvalue weighted by atomic mass is 32.2. The van der Waals surface area contributed by atoms with Crippen LogP contribution in [0.3, 0.4) is 0 Å². The normalized spacial score (nSPS) is 14.4. The summed E-state index contributed by atoms with van der Waals surface area (Å²) in [4.78, 5) is 31.8. The van der Waals surface area contributed by atoms with Crippen molar-refractivity contribution < 1.29 is 14.3 Å². The number of hydrogen-bond acceptors (Lipinski definition) is 5. The topological polar surface area (TPSA) is 76.5 Å². The van der Waals surface area contributed by atoms with Gasteiger partial charge in [-0.1, -0.05) is 49.0 Å². The van der Waals surface area contributed by atoms with Crippen molar-refractivity contribution in [1.29, 1.82) is 0 Å². The monoisotopic (exact) mass is 480 g/mol. The van der Waals surface area contributed by atoms with E-state index in [4.69, 9.17) is 9.72 Å². The SMILES string of the molecule is CC[C@H](NC(=O)CSc1nc2ccccc2n1CC)c1ccccc1OCC(=O)N1CCCC1. The standard InChI is InChI=1S/C26H32N4O3S/c1-3-20(19-11-5-8-14-23(19)33-17-25(32)29-15-9-10-16-29)27-24(31)18-34-26-28-21-12-6-7-13-22(21)30(26)4-2/h5-8,11-14,20H,3-4,9-10,15-18H2,1-2H3,(H,27,31)/t20-/m0/s1. The Balaban J connectivity index is 1.38. The van der Waals surface area contributed by atoms with Gasteiger partial charge < -0.3 is 19.5 Å². The van der Waals surface area contributed by atoms with E-state index >= 15 is 0 Å².